The maximum absolute atomic E-state index is 11.5. The summed E-state index contributed by atoms with van der Waals surface area (Å²) in [4.78, 5) is 18.0. The lowest BCUT2D eigenvalue weighted by molar-refractivity contribution is 0.111. The molecule has 0 aliphatic heterocycles. The summed E-state index contributed by atoms with van der Waals surface area (Å²) in [5, 5.41) is 0. The number of hydrogen-bond donors (Lipinski definition) is 0. The number of aldehydes is 1. The molecule has 0 aliphatic rings. The van der Waals surface area contributed by atoms with Crippen LogP contribution in [-0.2, 0) is 6.42 Å². The highest BCUT2D eigenvalue weighted by Gasteiger charge is 2.20. The van der Waals surface area contributed by atoms with Gasteiger partial charge in [-0.15, -0.1) is 11.3 Å². The molecule has 3 aromatic rings. The number of fused-ring (bicyclic) bond motifs is 1. The van der Waals surface area contributed by atoms with Crippen molar-refractivity contribution in [1.29, 1.82) is 0 Å². The summed E-state index contributed by atoms with van der Waals surface area (Å²) in [5.41, 5.74) is 3.32. The van der Waals surface area contributed by atoms with E-state index in [1.54, 1.807) is 25.6 Å². The van der Waals surface area contributed by atoms with Crippen molar-refractivity contribution in [3.8, 4) is 22.8 Å². The Balaban J connectivity index is 2.32. The molecule has 120 valence electrons. The average Bonchev–Trinajstić information content (AvgIpc) is 3.07. The number of aryl methyl sites for hydroxylation is 2. The van der Waals surface area contributed by atoms with Crippen molar-refractivity contribution in [3.05, 3.63) is 34.5 Å². The molecule has 2 aromatic heterocycles. The first kappa shape index (κ1) is 15.6. The van der Waals surface area contributed by atoms with Crippen molar-refractivity contribution in [2.45, 2.75) is 20.3 Å². The Kier molecular flexibility index (Phi) is 4.09. The molecule has 0 fully saturated rings. The van der Waals surface area contributed by atoms with Gasteiger partial charge in [0.15, 0.2) is 22.7 Å². The lowest BCUT2D eigenvalue weighted by Crippen LogP contribution is -1.97. The smallest absolute Gasteiger partial charge is 0.195 e. The zero-order valence-electron chi connectivity index (χ0n) is 13.5. The van der Waals surface area contributed by atoms with Crippen LogP contribution in [0, 0.1) is 6.92 Å². The molecule has 6 heteroatoms. The molecule has 0 saturated carbocycles. The minimum atomic E-state index is 0.598. The number of imidazole rings is 1. The normalized spacial score (nSPS) is 11.0. The molecule has 0 aliphatic carbocycles. The monoisotopic (exact) mass is 330 g/mol. The van der Waals surface area contributed by atoms with Gasteiger partial charge in [-0.1, -0.05) is 6.92 Å². The van der Waals surface area contributed by atoms with E-state index < -0.39 is 0 Å². The number of aromatic nitrogens is 2. The zero-order chi connectivity index (χ0) is 16.6. The molecule has 0 N–H and O–H groups in total. The second-order valence-corrected chi connectivity index (χ2v) is 6.18. The van der Waals surface area contributed by atoms with Crippen LogP contribution in [-0.4, -0.2) is 29.9 Å². The van der Waals surface area contributed by atoms with Crippen LogP contribution in [0.2, 0.25) is 0 Å². The van der Waals surface area contributed by atoms with E-state index in [1.807, 2.05) is 29.5 Å². The van der Waals surface area contributed by atoms with Crippen molar-refractivity contribution in [2.24, 2.45) is 0 Å². The van der Waals surface area contributed by atoms with Crippen LogP contribution in [0.25, 0.3) is 16.2 Å². The van der Waals surface area contributed by atoms with E-state index in [0.29, 0.717) is 17.2 Å². The van der Waals surface area contributed by atoms with Crippen molar-refractivity contribution >= 4 is 22.6 Å². The van der Waals surface area contributed by atoms with Crippen molar-refractivity contribution in [1.82, 2.24) is 9.38 Å². The molecule has 0 radical (unpaired) electrons. The Morgan fingerprint density at radius 2 is 2.00 bits per heavy atom. The Morgan fingerprint density at radius 1 is 1.26 bits per heavy atom. The number of thiazole rings is 1. The highest BCUT2D eigenvalue weighted by atomic mass is 32.1. The van der Waals surface area contributed by atoms with Gasteiger partial charge in [0.25, 0.3) is 0 Å². The summed E-state index contributed by atoms with van der Waals surface area (Å²) in [5.74, 6) is 1.34. The van der Waals surface area contributed by atoms with Crippen LogP contribution in [0.4, 0.5) is 0 Å². The Labute approximate surface area is 138 Å². The van der Waals surface area contributed by atoms with Crippen LogP contribution in [0.15, 0.2) is 18.2 Å². The fourth-order valence-electron chi connectivity index (χ4n) is 2.73. The zero-order valence-corrected chi connectivity index (χ0v) is 14.4. The summed E-state index contributed by atoms with van der Waals surface area (Å²) in [7, 11) is 3.23. The summed E-state index contributed by atoms with van der Waals surface area (Å²) in [6.07, 6.45) is 1.74. The average molecular weight is 330 g/mol. The molecule has 0 atom stereocenters. The molecule has 0 saturated heterocycles. The van der Waals surface area contributed by atoms with Crippen molar-refractivity contribution < 1.29 is 14.3 Å². The molecule has 3 rings (SSSR count). The summed E-state index contributed by atoms with van der Waals surface area (Å²) >= 11 is 1.61. The fraction of sp³-hybridized carbons (Fsp3) is 0.294. The Morgan fingerprint density at radius 3 is 2.61 bits per heavy atom. The maximum atomic E-state index is 11.5. The molecule has 23 heavy (non-hydrogen) atoms. The second-order valence-electron chi connectivity index (χ2n) is 5.12. The number of carbonyl (C=O) groups is 1. The topological polar surface area (TPSA) is 52.8 Å². The molecule has 2 heterocycles. The first-order chi connectivity index (χ1) is 11.1. The van der Waals surface area contributed by atoms with Crippen molar-refractivity contribution in [3.63, 3.8) is 0 Å². The summed E-state index contributed by atoms with van der Waals surface area (Å²) < 4.78 is 12.6. The molecular formula is C17H18N2O3S. The molecule has 0 unspecified atom stereocenters. The van der Waals surface area contributed by atoms with E-state index in [4.69, 9.17) is 9.47 Å². The fourth-order valence-corrected chi connectivity index (χ4v) is 3.87. The number of methoxy groups -OCH3 is 2. The largest absolute Gasteiger partial charge is 0.493 e. The van der Waals surface area contributed by atoms with Crippen LogP contribution in [0.1, 0.15) is 28.0 Å². The van der Waals surface area contributed by atoms with E-state index in [1.165, 1.54) is 4.88 Å². The van der Waals surface area contributed by atoms with E-state index >= 15 is 0 Å². The molecule has 0 bridgehead atoms. The SMILES string of the molecule is CCc1sc2nc(C)c(C=O)n2c1-c1ccc(OC)c(OC)c1. The highest BCUT2D eigenvalue weighted by Crippen LogP contribution is 2.38. The van der Waals surface area contributed by atoms with Gasteiger partial charge >= 0.3 is 0 Å². The lowest BCUT2D eigenvalue weighted by Gasteiger charge is -2.11. The van der Waals surface area contributed by atoms with Gasteiger partial charge in [0.2, 0.25) is 0 Å². The maximum Gasteiger partial charge on any atom is 0.195 e. The van der Waals surface area contributed by atoms with Crippen LogP contribution >= 0.6 is 11.3 Å². The third-order valence-corrected chi connectivity index (χ3v) is 5.04. The van der Waals surface area contributed by atoms with Gasteiger partial charge < -0.3 is 9.47 Å². The number of hydrogen-bond acceptors (Lipinski definition) is 5. The number of carbonyl (C=O) groups excluding carboxylic acids is 1. The summed E-state index contributed by atoms with van der Waals surface area (Å²) in [6.45, 7) is 3.95. The highest BCUT2D eigenvalue weighted by molar-refractivity contribution is 7.17. The minimum Gasteiger partial charge on any atom is -0.493 e. The lowest BCUT2D eigenvalue weighted by atomic mass is 10.1. The van der Waals surface area contributed by atoms with Crippen LogP contribution < -0.4 is 9.47 Å². The molecule has 0 amide bonds. The number of ether oxygens (including phenoxy) is 2. The van der Waals surface area contributed by atoms with E-state index in [-0.39, 0.29) is 0 Å². The molecule has 1 aromatic carbocycles. The quantitative estimate of drug-likeness (QED) is 0.668. The number of rotatable bonds is 5. The minimum absolute atomic E-state index is 0.598. The molecular weight excluding hydrogens is 312 g/mol. The molecule has 5 nitrogen and oxygen atoms in total. The molecule has 0 spiro atoms. The van der Waals surface area contributed by atoms with E-state index in [2.05, 4.69) is 11.9 Å². The van der Waals surface area contributed by atoms with Crippen molar-refractivity contribution in [2.75, 3.05) is 14.2 Å². The van der Waals surface area contributed by atoms with Gasteiger partial charge in [-0.25, -0.2) is 4.98 Å². The first-order valence-electron chi connectivity index (χ1n) is 7.32. The third-order valence-electron chi connectivity index (χ3n) is 3.86. The summed E-state index contributed by atoms with van der Waals surface area (Å²) in [6, 6.07) is 5.79. The standard InChI is InChI=1S/C17H18N2O3S/c1-5-15-16(11-6-7-13(21-3)14(8-11)22-4)19-12(9-20)10(2)18-17(19)23-15/h6-9H,5H2,1-4H3. The van der Waals surface area contributed by atoms with E-state index in [0.717, 1.165) is 34.6 Å². The van der Waals surface area contributed by atoms with Gasteiger partial charge in [0.05, 0.1) is 25.6 Å². The van der Waals surface area contributed by atoms with Gasteiger partial charge in [0, 0.05) is 10.4 Å². The third kappa shape index (κ3) is 2.39. The predicted octanol–water partition coefficient (Wildman–Crippen LogP) is 3.76. The van der Waals surface area contributed by atoms with Crippen LogP contribution in [0.5, 0.6) is 11.5 Å². The Bertz CT molecular complexity index is 880. The van der Waals surface area contributed by atoms with Crippen LogP contribution in [0.3, 0.4) is 0 Å². The first-order valence-corrected chi connectivity index (χ1v) is 8.14. The Hall–Kier alpha value is -2.34. The van der Waals surface area contributed by atoms with E-state index in [9.17, 15) is 4.79 Å². The number of benzene rings is 1. The van der Waals surface area contributed by atoms with Gasteiger partial charge in [0.1, 0.15) is 5.69 Å². The van der Waals surface area contributed by atoms with Gasteiger partial charge in [-0.2, -0.15) is 0 Å². The van der Waals surface area contributed by atoms with Gasteiger partial charge in [-0.3, -0.25) is 9.20 Å². The van der Waals surface area contributed by atoms with Gasteiger partial charge in [-0.05, 0) is 31.5 Å². The number of nitrogens with zero attached hydrogens (tertiary/aromatic N) is 2. The predicted molar refractivity (Wildman–Crippen MR) is 91.1 cm³/mol. The second kappa shape index (κ2) is 6.04.